The van der Waals surface area contributed by atoms with Crippen LogP contribution in [0.2, 0.25) is 0 Å². The summed E-state index contributed by atoms with van der Waals surface area (Å²) in [6.07, 6.45) is 2.78. The number of nitrogens with one attached hydrogen (secondary N) is 1. The molecule has 0 aliphatic heterocycles. The van der Waals surface area contributed by atoms with Gasteiger partial charge in [-0.2, -0.15) is 0 Å². The van der Waals surface area contributed by atoms with Crippen molar-refractivity contribution in [2.24, 2.45) is 0 Å². The molecule has 0 unspecified atom stereocenters. The number of fused-ring (bicyclic) bond motifs is 2. The zero-order chi connectivity index (χ0) is 20.3. The number of H-pyrrole nitrogens is 1. The number of rotatable bonds is 8. The Morgan fingerprint density at radius 1 is 1.14 bits per heavy atom. The van der Waals surface area contributed by atoms with E-state index in [1.165, 1.54) is 0 Å². The summed E-state index contributed by atoms with van der Waals surface area (Å²) in [5.74, 6) is -0.166. The molecule has 0 radical (unpaired) electrons. The molecular formula is C19H22N4O5. The van der Waals surface area contributed by atoms with Gasteiger partial charge in [0.2, 0.25) is 0 Å². The van der Waals surface area contributed by atoms with Crippen molar-refractivity contribution in [3.63, 3.8) is 0 Å². The van der Waals surface area contributed by atoms with Crippen molar-refractivity contribution in [1.29, 1.82) is 0 Å². The number of aryl methyl sites for hydroxylation is 1. The van der Waals surface area contributed by atoms with E-state index in [0.29, 0.717) is 29.6 Å². The van der Waals surface area contributed by atoms with E-state index < -0.39 is 17.2 Å². The molecule has 0 saturated heterocycles. The first-order valence-electron chi connectivity index (χ1n) is 9.11. The number of nitrogens with zero attached hydrogens (tertiary/aromatic N) is 3. The third kappa shape index (κ3) is 4.03. The summed E-state index contributed by atoms with van der Waals surface area (Å²) < 4.78 is 6.40. The summed E-state index contributed by atoms with van der Waals surface area (Å²) in [7, 11) is 1.56. The zero-order valence-corrected chi connectivity index (χ0v) is 15.8. The lowest BCUT2D eigenvalue weighted by Crippen LogP contribution is -2.35. The van der Waals surface area contributed by atoms with E-state index in [4.69, 9.17) is 9.84 Å². The lowest BCUT2D eigenvalue weighted by molar-refractivity contribution is -0.137. The molecule has 28 heavy (non-hydrogen) atoms. The Hall–Kier alpha value is -3.23. The topological polar surface area (TPSA) is 127 Å². The highest BCUT2D eigenvalue weighted by Gasteiger charge is 2.13. The van der Waals surface area contributed by atoms with E-state index >= 15 is 0 Å². The number of aromatic amines is 1. The van der Waals surface area contributed by atoms with Crippen LogP contribution in [0.15, 0.2) is 21.7 Å². The van der Waals surface area contributed by atoms with Crippen LogP contribution in [-0.4, -0.2) is 37.7 Å². The van der Waals surface area contributed by atoms with Gasteiger partial charge >= 0.3 is 11.7 Å². The van der Waals surface area contributed by atoms with Crippen LogP contribution in [0.4, 0.5) is 0 Å². The van der Waals surface area contributed by atoms with E-state index in [9.17, 15) is 14.4 Å². The molecule has 9 heteroatoms. The highest BCUT2D eigenvalue weighted by atomic mass is 16.5. The van der Waals surface area contributed by atoms with Gasteiger partial charge in [0, 0.05) is 19.0 Å². The monoisotopic (exact) mass is 386 g/mol. The average molecular weight is 386 g/mol. The molecule has 2 N–H and O–H groups in total. The van der Waals surface area contributed by atoms with Crippen molar-refractivity contribution >= 4 is 28.2 Å². The van der Waals surface area contributed by atoms with Gasteiger partial charge in [0.05, 0.1) is 18.1 Å². The van der Waals surface area contributed by atoms with Crippen molar-refractivity contribution in [3.8, 4) is 5.75 Å². The Balaban J connectivity index is 1.88. The van der Waals surface area contributed by atoms with Crippen molar-refractivity contribution in [2.75, 3.05) is 7.11 Å². The molecule has 1 aromatic carbocycles. The number of hydrogen-bond acceptors (Lipinski definition) is 6. The van der Waals surface area contributed by atoms with Crippen molar-refractivity contribution < 1.29 is 14.6 Å². The number of benzene rings is 1. The van der Waals surface area contributed by atoms with Gasteiger partial charge in [-0.05, 0) is 31.4 Å². The molecule has 0 spiro atoms. The summed E-state index contributed by atoms with van der Waals surface area (Å²) in [4.78, 5) is 47.0. The molecular weight excluding hydrogens is 364 g/mol. The number of hydrogen-bond donors (Lipinski definition) is 2. The van der Waals surface area contributed by atoms with Crippen LogP contribution in [-0.2, 0) is 11.3 Å². The summed E-state index contributed by atoms with van der Waals surface area (Å²) >= 11 is 0. The standard InChI is InChI=1S/C19H22N4O5/c1-11-9-12-13(10-14(11)28-2)21-17-16(20-12)18(26)23(19(27)22-17)8-6-4-3-5-7-15(24)25/h9-10H,3-8H2,1-2H3,(H,24,25)(H,21,22,27). The summed E-state index contributed by atoms with van der Waals surface area (Å²) in [5.41, 5.74) is 1.20. The fourth-order valence-corrected chi connectivity index (χ4v) is 3.14. The lowest BCUT2D eigenvalue weighted by atomic mass is 10.1. The molecule has 3 aromatic rings. The Morgan fingerprint density at radius 2 is 1.86 bits per heavy atom. The molecule has 0 atom stereocenters. The Bertz CT molecular complexity index is 1150. The van der Waals surface area contributed by atoms with E-state index in [1.807, 2.05) is 6.92 Å². The first-order valence-corrected chi connectivity index (χ1v) is 9.11. The molecule has 0 bridgehead atoms. The summed E-state index contributed by atoms with van der Waals surface area (Å²) in [6.45, 7) is 2.12. The van der Waals surface area contributed by atoms with Gasteiger partial charge in [0.15, 0.2) is 11.2 Å². The van der Waals surface area contributed by atoms with Crippen molar-refractivity contribution in [2.45, 2.75) is 45.6 Å². The minimum atomic E-state index is -0.819. The van der Waals surface area contributed by atoms with Gasteiger partial charge in [-0.1, -0.05) is 12.8 Å². The third-order valence-corrected chi connectivity index (χ3v) is 4.62. The van der Waals surface area contributed by atoms with Gasteiger partial charge in [0.25, 0.3) is 5.56 Å². The van der Waals surface area contributed by atoms with Gasteiger partial charge < -0.3 is 9.84 Å². The fraction of sp³-hybridized carbons (Fsp3) is 0.421. The SMILES string of the molecule is COc1cc2nc3[nH]c(=O)n(CCCCCCC(=O)O)c(=O)c3nc2cc1C. The average Bonchev–Trinajstić information content (AvgIpc) is 2.65. The van der Waals surface area contributed by atoms with Gasteiger partial charge in [-0.15, -0.1) is 0 Å². The van der Waals surface area contributed by atoms with E-state index in [2.05, 4.69) is 15.0 Å². The first-order chi connectivity index (χ1) is 13.4. The molecule has 0 aliphatic rings. The molecule has 9 nitrogen and oxygen atoms in total. The van der Waals surface area contributed by atoms with Gasteiger partial charge in [-0.3, -0.25) is 19.1 Å². The number of methoxy groups -OCH3 is 1. The minimum absolute atomic E-state index is 0.113. The molecule has 2 heterocycles. The maximum Gasteiger partial charge on any atom is 0.330 e. The summed E-state index contributed by atoms with van der Waals surface area (Å²) in [5, 5.41) is 8.63. The van der Waals surface area contributed by atoms with Crippen molar-refractivity contribution in [3.05, 3.63) is 38.5 Å². The number of aliphatic carboxylic acids is 1. The number of carbonyl (C=O) groups is 1. The minimum Gasteiger partial charge on any atom is -0.496 e. The molecule has 3 rings (SSSR count). The second kappa shape index (κ2) is 8.20. The van der Waals surface area contributed by atoms with Crippen LogP contribution in [0.25, 0.3) is 22.2 Å². The normalized spacial score (nSPS) is 11.2. The number of unbranched alkanes of at least 4 members (excludes halogenated alkanes) is 3. The van der Waals surface area contributed by atoms with Crippen LogP contribution in [0, 0.1) is 6.92 Å². The van der Waals surface area contributed by atoms with E-state index in [1.54, 1.807) is 19.2 Å². The van der Waals surface area contributed by atoms with Crippen molar-refractivity contribution in [1.82, 2.24) is 19.5 Å². The molecule has 148 valence electrons. The van der Waals surface area contributed by atoms with E-state index in [0.717, 1.165) is 23.0 Å². The van der Waals surface area contributed by atoms with Crippen LogP contribution in [0.3, 0.4) is 0 Å². The predicted octanol–water partition coefficient (Wildman–Crippen LogP) is 1.99. The first kappa shape index (κ1) is 19.5. The molecule has 0 aliphatic carbocycles. The van der Waals surface area contributed by atoms with Crippen LogP contribution in [0.5, 0.6) is 5.75 Å². The third-order valence-electron chi connectivity index (χ3n) is 4.62. The van der Waals surface area contributed by atoms with Crippen LogP contribution in [0.1, 0.15) is 37.7 Å². The highest BCUT2D eigenvalue weighted by molar-refractivity contribution is 5.85. The number of carboxylic acids is 1. The lowest BCUT2D eigenvalue weighted by Gasteiger charge is -2.08. The quantitative estimate of drug-likeness (QED) is 0.447. The van der Waals surface area contributed by atoms with Gasteiger partial charge in [0.1, 0.15) is 5.75 Å². The fourth-order valence-electron chi connectivity index (χ4n) is 3.14. The van der Waals surface area contributed by atoms with Crippen LogP contribution >= 0.6 is 0 Å². The second-order valence-corrected chi connectivity index (χ2v) is 6.68. The van der Waals surface area contributed by atoms with E-state index in [-0.39, 0.29) is 24.1 Å². The van der Waals surface area contributed by atoms with Crippen LogP contribution < -0.4 is 16.0 Å². The second-order valence-electron chi connectivity index (χ2n) is 6.68. The molecule has 0 saturated carbocycles. The maximum absolute atomic E-state index is 12.7. The Labute approximate surface area is 160 Å². The largest absolute Gasteiger partial charge is 0.496 e. The van der Waals surface area contributed by atoms with Gasteiger partial charge in [-0.25, -0.2) is 14.8 Å². The number of ether oxygens (including phenoxy) is 1. The summed E-state index contributed by atoms with van der Waals surface area (Å²) in [6, 6.07) is 3.51. The Kier molecular flexibility index (Phi) is 5.72. The number of carboxylic acid groups (broad SMARTS) is 1. The zero-order valence-electron chi connectivity index (χ0n) is 15.8. The smallest absolute Gasteiger partial charge is 0.330 e. The number of aromatic nitrogens is 4. The maximum atomic E-state index is 12.7. The Morgan fingerprint density at radius 3 is 2.57 bits per heavy atom. The predicted molar refractivity (Wildman–Crippen MR) is 104 cm³/mol. The molecule has 2 aromatic heterocycles. The molecule has 0 fully saturated rings. The molecule has 0 amide bonds. The highest BCUT2D eigenvalue weighted by Crippen LogP contribution is 2.23.